The van der Waals surface area contributed by atoms with Crippen molar-refractivity contribution in [1.82, 2.24) is 0 Å². The molecule has 0 spiro atoms. The fourth-order valence-electron chi connectivity index (χ4n) is 3.39. The van der Waals surface area contributed by atoms with Crippen LogP contribution in [0.15, 0.2) is 23.8 Å². The van der Waals surface area contributed by atoms with E-state index in [0.29, 0.717) is 11.8 Å². The Labute approximate surface area is 105 Å². The molecule has 0 N–H and O–H groups in total. The Balaban J connectivity index is 1.96. The van der Waals surface area contributed by atoms with E-state index < -0.39 is 0 Å². The van der Waals surface area contributed by atoms with E-state index in [-0.39, 0.29) is 0 Å². The van der Waals surface area contributed by atoms with Crippen molar-refractivity contribution in [2.24, 2.45) is 23.7 Å². The SMILES string of the molecule is CCCCC/C(C=O)=C/C1C2C=CC(C2)C1C. The first-order chi connectivity index (χ1) is 8.26. The van der Waals surface area contributed by atoms with Crippen molar-refractivity contribution in [2.75, 3.05) is 0 Å². The standard InChI is InChI=1S/C16H24O/c1-3-4-5-6-13(11-17)9-16-12(2)14-7-8-15(16)10-14/h7-9,11-12,14-16H,3-6,10H2,1-2H3/b13-9-. The quantitative estimate of drug-likeness (QED) is 0.291. The van der Waals surface area contributed by atoms with Crippen molar-refractivity contribution in [2.45, 2.75) is 46.0 Å². The highest BCUT2D eigenvalue weighted by Crippen LogP contribution is 2.48. The molecule has 4 atom stereocenters. The second kappa shape index (κ2) is 5.66. The Morgan fingerprint density at radius 2 is 2.06 bits per heavy atom. The van der Waals surface area contributed by atoms with Gasteiger partial charge in [0.15, 0.2) is 0 Å². The molecular weight excluding hydrogens is 208 g/mol. The van der Waals surface area contributed by atoms with E-state index in [9.17, 15) is 4.79 Å². The first-order valence-corrected chi connectivity index (χ1v) is 7.10. The highest BCUT2D eigenvalue weighted by atomic mass is 16.1. The molecule has 0 aromatic rings. The minimum atomic E-state index is 0.617. The molecule has 0 heterocycles. The number of hydrogen-bond donors (Lipinski definition) is 0. The van der Waals surface area contributed by atoms with Crippen LogP contribution < -0.4 is 0 Å². The largest absolute Gasteiger partial charge is 0.298 e. The van der Waals surface area contributed by atoms with Crippen molar-refractivity contribution in [3.8, 4) is 0 Å². The zero-order valence-electron chi connectivity index (χ0n) is 11.1. The van der Waals surface area contributed by atoms with Crippen LogP contribution >= 0.6 is 0 Å². The summed E-state index contributed by atoms with van der Waals surface area (Å²) in [4.78, 5) is 11.1. The van der Waals surface area contributed by atoms with Gasteiger partial charge in [-0.15, -0.1) is 0 Å². The second-order valence-corrected chi connectivity index (χ2v) is 5.70. The van der Waals surface area contributed by atoms with Crippen LogP contribution in [-0.4, -0.2) is 6.29 Å². The average Bonchev–Trinajstić information content (AvgIpc) is 2.91. The summed E-state index contributed by atoms with van der Waals surface area (Å²) in [6.45, 7) is 4.54. The lowest BCUT2D eigenvalue weighted by atomic mass is 9.83. The molecule has 0 amide bonds. The lowest BCUT2D eigenvalue weighted by Crippen LogP contribution is -2.15. The van der Waals surface area contributed by atoms with Crippen molar-refractivity contribution in [3.63, 3.8) is 0 Å². The van der Waals surface area contributed by atoms with E-state index in [4.69, 9.17) is 0 Å². The average molecular weight is 232 g/mol. The summed E-state index contributed by atoms with van der Waals surface area (Å²) in [5.41, 5.74) is 1.04. The molecule has 1 saturated carbocycles. The highest BCUT2D eigenvalue weighted by Gasteiger charge is 2.40. The maximum Gasteiger partial charge on any atom is 0.145 e. The number of rotatable bonds is 6. The van der Waals surface area contributed by atoms with Gasteiger partial charge < -0.3 is 0 Å². The van der Waals surface area contributed by atoms with Gasteiger partial charge in [0, 0.05) is 0 Å². The first-order valence-electron chi connectivity index (χ1n) is 7.10. The van der Waals surface area contributed by atoms with Gasteiger partial charge in [0.05, 0.1) is 0 Å². The molecule has 0 aliphatic heterocycles. The summed E-state index contributed by atoms with van der Waals surface area (Å²) in [5, 5.41) is 0. The van der Waals surface area contributed by atoms with Gasteiger partial charge in [0.2, 0.25) is 0 Å². The second-order valence-electron chi connectivity index (χ2n) is 5.70. The van der Waals surface area contributed by atoms with Gasteiger partial charge >= 0.3 is 0 Å². The Kier molecular flexibility index (Phi) is 4.20. The molecule has 1 nitrogen and oxygen atoms in total. The van der Waals surface area contributed by atoms with Gasteiger partial charge in [-0.05, 0) is 48.5 Å². The Morgan fingerprint density at radius 3 is 2.65 bits per heavy atom. The van der Waals surface area contributed by atoms with Gasteiger partial charge in [-0.25, -0.2) is 0 Å². The zero-order chi connectivity index (χ0) is 12.3. The number of aldehydes is 1. The van der Waals surface area contributed by atoms with Crippen LogP contribution in [0, 0.1) is 23.7 Å². The maximum absolute atomic E-state index is 11.1. The van der Waals surface area contributed by atoms with E-state index in [2.05, 4.69) is 32.1 Å². The monoisotopic (exact) mass is 232 g/mol. The van der Waals surface area contributed by atoms with E-state index in [0.717, 1.165) is 36.5 Å². The molecule has 17 heavy (non-hydrogen) atoms. The molecule has 0 radical (unpaired) electrons. The zero-order valence-corrected chi connectivity index (χ0v) is 11.1. The third kappa shape index (κ3) is 2.70. The normalized spacial score (nSPS) is 35.5. The van der Waals surface area contributed by atoms with Crippen LogP contribution in [0.3, 0.4) is 0 Å². The molecule has 4 unspecified atom stereocenters. The molecule has 2 aliphatic rings. The summed E-state index contributed by atoms with van der Waals surface area (Å²) in [6, 6.07) is 0. The van der Waals surface area contributed by atoms with Crippen LogP contribution in [0.25, 0.3) is 0 Å². The topological polar surface area (TPSA) is 17.1 Å². The lowest BCUT2D eigenvalue weighted by molar-refractivity contribution is -0.105. The van der Waals surface area contributed by atoms with Gasteiger partial charge in [-0.2, -0.15) is 0 Å². The summed E-state index contributed by atoms with van der Waals surface area (Å²) in [5.74, 6) is 2.82. The van der Waals surface area contributed by atoms with E-state index in [1.54, 1.807) is 0 Å². The molecule has 0 aromatic carbocycles. The molecule has 2 rings (SSSR count). The minimum Gasteiger partial charge on any atom is -0.298 e. The van der Waals surface area contributed by atoms with Crippen LogP contribution in [0.1, 0.15) is 46.0 Å². The first kappa shape index (κ1) is 12.6. The van der Waals surface area contributed by atoms with E-state index in [1.807, 2.05) is 0 Å². The summed E-state index contributed by atoms with van der Waals surface area (Å²) in [6.07, 6.45) is 14.0. The lowest BCUT2D eigenvalue weighted by Gasteiger charge is -2.22. The van der Waals surface area contributed by atoms with Crippen LogP contribution in [-0.2, 0) is 4.79 Å². The fourth-order valence-corrected chi connectivity index (χ4v) is 3.39. The van der Waals surface area contributed by atoms with Crippen LogP contribution in [0.2, 0.25) is 0 Å². The van der Waals surface area contributed by atoms with Crippen molar-refractivity contribution >= 4 is 6.29 Å². The smallest absolute Gasteiger partial charge is 0.145 e. The Hall–Kier alpha value is -0.850. The summed E-state index contributed by atoms with van der Waals surface area (Å²) < 4.78 is 0. The number of carbonyl (C=O) groups is 1. The van der Waals surface area contributed by atoms with Gasteiger partial charge in [0.25, 0.3) is 0 Å². The fraction of sp³-hybridized carbons (Fsp3) is 0.688. The summed E-state index contributed by atoms with van der Waals surface area (Å²) in [7, 11) is 0. The van der Waals surface area contributed by atoms with Crippen molar-refractivity contribution < 1.29 is 4.79 Å². The number of fused-ring (bicyclic) bond motifs is 2. The van der Waals surface area contributed by atoms with E-state index >= 15 is 0 Å². The molecule has 1 heteroatoms. The maximum atomic E-state index is 11.1. The predicted octanol–water partition coefficient (Wildman–Crippen LogP) is 4.15. The molecular formula is C16H24O. The third-order valence-electron chi connectivity index (χ3n) is 4.55. The number of carbonyl (C=O) groups excluding carboxylic acids is 1. The summed E-state index contributed by atoms with van der Waals surface area (Å²) >= 11 is 0. The molecule has 2 aliphatic carbocycles. The number of hydrogen-bond acceptors (Lipinski definition) is 1. The Bertz CT molecular complexity index is 326. The number of unbranched alkanes of at least 4 members (excludes halogenated alkanes) is 2. The van der Waals surface area contributed by atoms with Gasteiger partial charge in [-0.3, -0.25) is 4.79 Å². The van der Waals surface area contributed by atoms with Gasteiger partial charge in [0.1, 0.15) is 6.29 Å². The predicted molar refractivity (Wildman–Crippen MR) is 71.7 cm³/mol. The van der Waals surface area contributed by atoms with Crippen LogP contribution in [0.5, 0.6) is 0 Å². The highest BCUT2D eigenvalue weighted by molar-refractivity contribution is 5.73. The van der Waals surface area contributed by atoms with Crippen molar-refractivity contribution in [1.29, 1.82) is 0 Å². The molecule has 2 bridgehead atoms. The van der Waals surface area contributed by atoms with Crippen LogP contribution in [0.4, 0.5) is 0 Å². The molecule has 94 valence electrons. The van der Waals surface area contributed by atoms with E-state index in [1.165, 1.54) is 19.3 Å². The Morgan fingerprint density at radius 1 is 1.29 bits per heavy atom. The third-order valence-corrected chi connectivity index (χ3v) is 4.55. The van der Waals surface area contributed by atoms with Crippen molar-refractivity contribution in [3.05, 3.63) is 23.8 Å². The number of allylic oxidation sites excluding steroid dienone is 4. The molecule has 0 aromatic heterocycles. The van der Waals surface area contributed by atoms with Gasteiger partial charge in [-0.1, -0.05) is 44.9 Å². The molecule has 0 saturated heterocycles. The minimum absolute atomic E-state index is 0.617. The molecule has 1 fully saturated rings.